The maximum Gasteiger partial charge on any atom is 0.188 e. The van der Waals surface area contributed by atoms with Crippen molar-refractivity contribution in [2.45, 2.75) is 77.9 Å². The van der Waals surface area contributed by atoms with E-state index in [-0.39, 0.29) is 29.0 Å². The Kier molecular flexibility index (Phi) is 12.2. The quantitative estimate of drug-likeness (QED) is 0.0524. The molecule has 2 aromatic heterocycles. The average molecular weight is 690 g/mol. The van der Waals surface area contributed by atoms with Gasteiger partial charge in [-0.15, -0.1) is 28.6 Å². The molecule has 0 unspecified atom stereocenters. The van der Waals surface area contributed by atoms with Crippen molar-refractivity contribution in [2.75, 3.05) is 32.0 Å². The summed E-state index contributed by atoms with van der Waals surface area (Å²) in [6.45, 7) is 8.05. The number of aliphatic hydroxyl groups is 1. The first kappa shape index (κ1) is 35.9. The molecule has 0 aliphatic heterocycles. The van der Waals surface area contributed by atoms with Crippen LogP contribution in [0.15, 0.2) is 47.5 Å². The Hall–Kier alpha value is -3.36. The monoisotopic (exact) mass is 689 g/mol. The van der Waals surface area contributed by atoms with Gasteiger partial charge in [0.15, 0.2) is 11.7 Å². The molecule has 2 aliphatic rings. The van der Waals surface area contributed by atoms with Crippen LogP contribution in [0.2, 0.25) is 0 Å². The molecular weight excluding hydrogens is 639 g/mol. The SMILES string of the molecule is CC#Cc1ccc(-c2ccc(C(=O)[C@@H]3CC[C@@H]([C@H](Cc4cc(O)cc(NC[C@H](C)O)c4)NC(N)=NC)C[C@@]34CC[C@H](CNCC)C4)s2)s1. The lowest BCUT2D eigenvalue weighted by atomic mass is 9.58. The molecule has 2 heterocycles. The summed E-state index contributed by atoms with van der Waals surface area (Å²) in [5.41, 5.74) is 7.95. The number of nitrogens with zero attached hydrogens (tertiary/aromatic N) is 1. The Labute approximate surface area is 293 Å². The Bertz CT molecular complexity index is 1640. The van der Waals surface area contributed by atoms with Gasteiger partial charge in [0.25, 0.3) is 0 Å². The van der Waals surface area contributed by atoms with E-state index in [0.717, 1.165) is 82.4 Å². The number of carbonyl (C=O) groups is 1. The maximum absolute atomic E-state index is 14.5. The van der Waals surface area contributed by atoms with Gasteiger partial charge in [0.05, 0.1) is 15.9 Å². The van der Waals surface area contributed by atoms with E-state index in [4.69, 9.17) is 5.73 Å². The van der Waals surface area contributed by atoms with Gasteiger partial charge < -0.3 is 31.9 Å². The molecule has 1 spiro atoms. The Morgan fingerprint density at radius 1 is 1.12 bits per heavy atom. The smallest absolute Gasteiger partial charge is 0.188 e. The number of benzene rings is 1. The highest BCUT2D eigenvalue weighted by molar-refractivity contribution is 7.23. The zero-order valence-electron chi connectivity index (χ0n) is 28.6. The standard InChI is InChI=1S/C38H51N5O3S2/c1-5-7-30-9-11-33(47-30)34-12-13-35(48-34)36(46)31-10-8-27(21-38(31)15-14-25(20-38)23-41-6-2)32(43-37(39)40-4)18-26-16-28(19-29(45)17-26)42-22-24(3)44/h9,11-13,16-17,19,24-25,27,31-32,41-42,44-45H,6,8,10,14-15,18,20-23H2,1-4H3,(H3,39,40,43)/t24-,25-,27+,31-,32-,38-/m0/s1. The van der Waals surface area contributed by atoms with Gasteiger partial charge in [-0.2, -0.15) is 0 Å². The summed E-state index contributed by atoms with van der Waals surface area (Å²) in [5.74, 6) is 7.78. The second-order valence-electron chi connectivity index (χ2n) is 13.6. The molecule has 2 saturated carbocycles. The Morgan fingerprint density at radius 3 is 2.67 bits per heavy atom. The third kappa shape index (κ3) is 8.80. The van der Waals surface area contributed by atoms with Crippen molar-refractivity contribution in [2.24, 2.45) is 33.9 Å². The molecule has 7 N–H and O–H groups in total. The van der Waals surface area contributed by atoms with Crippen LogP contribution in [-0.2, 0) is 6.42 Å². The number of phenolic OH excluding ortho intramolecular Hbond substituents is 1. The fourth-order valence-electron chi connectivity index (χ4n) is 7.94. The molecule has 8 nitrogen and oxygen atoms in total. The predicted octanol–water partition coefficient (Wildman–Crippen LogP) is 6.49. The van der Waals surface area contributed by atoms with Crippen LogP contribution < -0.4 is 21.7 Å². The zero-order chi connectivity index (χ0) is 34.3. The minimum absolute atomic E-state index is 0.0200. The number of nitrogens with two attached hydrogens (primary N) is 1. The lowest BCUT2D eigenvalue weighted by molar-refractivity contribution is 0.0389. The van der Waals surface area contributed by atoms with Gasteiger partial charge in [0.2, 0.25) is 0 Å². The average Bonchev–Trinajstić information content (AvgIpc) is 3.83. The summed E-state index contributed by atoms with van der Waals surface area (Å²) in [7, 11) is 1.69. The van der Waals surface area contributed by atoms with E-state index >= 15 is 0 Å². The molecule has 0 bridgehead atoms. The van der Waals surface area contributed by atoms with Crippen LogP contribution in [0.4, 0.5) is 5.69 Å². The number of carbonyl (C=O) groups excluding carboxylic acids is 1. The number of anilines is 1. The fraction of sp³-hybridized carbons (Fsp3) is 0.526. The highest BCUT2D eigenvalue weighted by Gasteiger charge is 2.52. The number of guanidine groups is 1. The van der Waals surface area contributed by atoms with Crippen molar-refractivity contribution in [1.82, 2.24) is 10.6 Å². The molecule has 5 rings (SSSR count). The number of aliphatic hydroxyl groups excluding tert-OH is 1. The highest BCUT2D eigenvalue weighted by Crippen LogP contribution is 2.57. The van der Waals surface area contributed by atoms with Crippen LogP contribution in [0.25, 0.3) is 9.75 Å². The summed E-state index contributed by atoms with van der Waals surface area (Å²) in [5, 5.41) is 30.6. The lowest BCUT2D eigenvalue weighted by Crippen LogP contribution is -2.50. The van der Waals surface area contributed by atoms with Gasteiger partial charge in [0, 0.05) is 47.1 Å². The molecule has 2 aliphatic carbocycles. The van der Waals surface area contributed by atoms with E-state index in [0.29, 0.717) is 30.6 Å². The minimum Gasteiger partial charge on any atom is -0.508 e. The van der Waals surface area contributed by atoms with Crippen molar-refractivity contribution in [3.05, 3.63) is 57.8 Å². The fourth-order valence-corrected chi connectivity index (χ4v) is 9.94. The number of Topliss-reactive ketones (excluding diaryl/α,β-unsaturated/α-hetero) is 1. The van der Waals surface area contributed by atoms with Gasteiger partial charge in [-0.1, -0.05) is 12.8 Å². The van der Waals surface area contributed by atoms with E-state index < -0.39 is 6.10 Å². The number of rotatable bonds is 13. The molecule has 0 amide bonds. The first-order valence-electron chi connectivity index (χ1n) is 17.2. The number of nitrogens with one attached hydrogen (secondary N) is 3. The highest BCUT2D eigenvalue weighted by atomic mass is 32.1. The maximum atomic E-state index is 14.5. The van der Waals surface area contributed by atoms with Crippen LogP contribution in [-0.4, -0.2) is 60.8 Å². The lowest BCUT2D eigenvalue weighted by Gasteiger charge is -2.47. The van der Waals surface area contributed by atoms with Gasteiger partial charge >= 0.3 is 0 Å². The van der Waals surface area contributed by atoms with E-state index in [1.165, 1.54) is 0 Å². The molecule has 6 atom stereocenters. The van der Waals surface area contributed by atoms with Crippen molar-refractivity contribution in [3.8, 4) is 27.3 Å². The van der Waals surface area contributed by atoms with Crippen molar-refractivity contribution in [3.63, 3.8) is 0 Å². The summed E-state index contributed by atoms with van der Waals surface area (Å²) < 4.78 is 0. The Balaban J connectivity index is 1.41. The van der Waals surface area contributed by atoms with E-state index in [9.17, 15) is 15.0 Å². The van der Waals surface area contributed by atoms with Crippen LogP contribution in [0.5, 0.6) is 5.75 Å². The number of hydrogen-bond donors (Lipinski definition) is 6. The second kappa shape index (κ2) is 16.4. The van der Waals surface area contributed by atoms with E-state index in [1.807, 2.05) is 19.1 Å². The number of hydrogen-bond acceptors (Lipinski definition) is 8. The third-order valence-corrected chi connectivity index (χ3v) is 12.4. The topological polar surface area (TPSA) is 132 Å². The molecular formula is C38H51N5O3S2. The van der Waals surface area contributed by atoms with Gasteiger partial charge in [-0.25, -0.2) is 0 Å². The van der Waals surface area contributed by atoms with Crippen LogP contribution >= 0.6 is 22.7 Å². The number of ketones is 1. The molecule has 0 saturated heterocycles. The van der Waals surface area contributed by atoms with E-state index in [2.05, 4.69) is 57.9 Å². The van der Waals surface area contributed by atoms with Gasteiger partial charge in [-0.05, 0) is 131 Å². The minimum atomic E-state index is -0.507. The summed E-state index contributed by atoms with van der Waals surface area (Å²) in [6.07, 6.45) is 6.02. The normalized spacial score (nSPS) is 23.8. The number of aromatic hydroxyl groups is 1. The van der Waals surface area contributed by atoms with E-state index in [1.54, 1.807) is 48.8 Å². The first-order chi connectivity index (χ1) is 23.1. The van der Waals surface area contributed by atoms with Crippen molar-refractivity contribution < 1.29 is 15.0 Å². The molecule has 48 heavy (non-hydrogen) atoms. The molecule has 10 heteroatoms. The Morgan fingerprint density at radius 2 is 1.92 bits per heavy atom. The number of aliphatic imine (C=N–C) groups is 1. The molecule has 1 aromatic carbocycles. The summed E-state index contributed by atoms with van der Waals surface area (Å²) in [6, 6.07) is 13.8. The van der Waals surface area contributed by atoms with Crippen molar-refractivity contribution in [1.29, 1.82) is 0 Å². The second-order valence-corrected chi connectivity index (χ2v) is 15.8. The zero-order valence-corrected chi connectivity index (χ0v) is 30.3. The largest absolute Gasteiger partial charge is 0.508 e. The predicted molar refractivity (Wildman–Crippen MR) is 200 cm³/mol. The van der Waals surface area contributed by atoms with Crippen molar-refractivity contribution >= 4 is 40.1 Å². The first-order valence-corrected chi connectivity index (χ1v) is 18.9. The van der Waals surface area contributed by atoms with Crippen LogP contribution in [0.1, 0.15) is 79.4 Å². The molecule has 258 valence electrons. The summed E-state index contributed by atoms with van der Waals surface area (Å²) in [4.78, 5) is 22.9. The molecule has 2 fully saturated rings. The third-order valence-electron chi connectivity index (χ3n) is 10.1. The molecule has 0 radical (unpaired) electrons. The summed E-state index contributed by atoms with van der Waals surface area (Å²) >= 11 is 3.29. The van der Waals surface area contributed by atoms with Gasteiger partial charge in [-0.3, -0.25) is 9.79 Å². The number of thiophene rings is 2. The number of phenols is 1. The molecule has 3 aromatic rings. The van der Waals surface area contributed by atoms with Crippen LogP contribution in [0.3, 0.4) is 0 Å². The van der Waals surface area contributed by atoms with Crippen LogP contribution in [0, 0.1) is 35.0 Å². The van der Waals surface area contributed by atoms with Gasteiger partial charge in [0.1, 0.15) is 5.75 Å².